The topological polar surface area (TPSA) is 4.93 Å². The largest absolute Gasteiger partial charge is 0.340 e. The minimum Gasteiger partial charge on any atom is -0.340 e. The molecule has 0 aliphatic carbocycles. The number of rotatable bonds is 8. The molecular formula is C28H29N. The fraction of sp³-hybridized carbons (Fsp3) is 0.214. The molecule has 0 spiro atoms. The minimum absolute atomic E-state index is 0.902. The molecule has 0 aliphatic rings. The van der Waals surface area contributed by atoms with E-state index in [1.807, 2.05) is 0 Å². The fourth-order valence-corrected chi connectivity index (χ4v) is 4.06. The van der Waals surface area contributed by atoms with Gasteiger partial charge < -0.3 is 4.57 Å². The zero-order chi connectivity index (χ0) is 19.9. The van der Waals surface area contributed by atoms with Crippen molar-refractivity contribution in [3.05, 3.63) is 108 Å². The number of hydrogen-bond donors (Lipinski definition) is 0. The van der Waals surface area contributed by atoms with Crippen LogP contribution in [0.4, 0.5) is 0 Å². The lowest BCUT2D eigenvalue weighted by molar-refractivity contribution is 0.670. The summed E-state index contributed by atoms with van der Waals surface area (Å²) < 4.78 is 2.54. The molecule has 1 aromatic heterocycles. The van der Waals surface area contributed by atoms with Crippen LogP contribution in [0.3, 0.4) is 0 Å². The lowest BCUT2D eigenvalue weighted by Gasteiger charge is -2.15. The van der Waals surface area contributed by atoms with Gasteiger partial charge in [0, 0.05) is 23.5 Å². The highest BCUT2D eigenvalue weighted by atomic mass is 15.0. The summed E-state index contributed by atoms with van der Waals surface area (Å²) in [6.45, 7) is 3.18. The van der Waals surface area contributed by atoms with Crippen molar-refractivity contribution in [3.8, 4) is 22.4 Å². The second kappa shape index (κ2) is 9.43. The minimum atomic E-state index is 0.902. The normalized spacial score (nSPS) is 10.9. The third-order valence-corrected chi connectivity index (χ3v) is 5.56. The van der Waals surface area contributed by atoms with E-state index in [0.29, 0.717) is 0 Å². The Hall–Kier alpha value is -3.06. The van der Waals surface area contributed by atoms with Gasteiger partial charge in [-0.05, 0) is 35.6 Å². The first-order chi connectivity index (χ1) is 14.4. The molecule has 0 saturated heterocycles. The molecule has 1 heteroatoms. The van der Waals surface area contributed by atoms with E-state index in [4.69, 9.17) is 0 Å². The van der Waals surface area contributed by atoms with Gasteiger partial charge in [-0.25, -0.2) is 0 Å². The first-order valence-corrected chi connectivity index (χ1v) is 10.7. The van der Waals surface area contributed by atoms with E-state index in [1.165, 1.54) is 52.9 Å². The highest BCUT2D eigenvalue weighted by Gasteiger charge is 2.17. The predicted octanol–water partition coefficient (Wildman–Crippen LogP) is 7.60. The molecule has 0 bridgehead atoms. The summed E-state index contributed by atoms with van der Waals surface area (Å²) in [5.41, 5.74) is 8.06. The van der Waals surface area contributed by atoms with Crippen LogP contribution in [0.25, 0.3) is 22.4 Å². The Bertz CT molecular complexity index is 1010. The van der Waals surface area contributed by atoms with Gasteiger partial charge in [0.2, 0.25) is 0 Å². The zero-order valence-electron chi connectivity index (χ0n) is 17.2. The Balaban J connectivity index is 1.87. The molecule has 0 saturated carbocycles. The van der Waals surface area contributed by atoms with E-state index in [1.54, 1.807) is 0 Å². The highest BCUT2D eigenvalue weighted by molar-refractivity contribution is 5.75. The summed E-state index contributed by atoms with van der Waals surface area (Å²) in [6.07, 6.45) is 4.85. The average Bonchev–Trinajstić information content (AvgIpc) is 3.14. The highest BCUT2D eigenvalue weighted by Crippen LogP contribution is 2.34. The Morgan fingerprint density at radius 2 is 1.24 bits per heavy atom. The summed E-state index contributed by atoms with van der Waals surface area (Å²) in [5, 5.41) is 0. The summed E-state index contributed by atoms with van der Waals surface area (Å²) >= 11 is 0. The van der Waals surface area contributed by atoms with Crippen molar-refractivity contribution in [2.45, 2.75) is 39.2 Å². The molecule has 4 rings (SSSR count). The van der Waals surface area contributed by atoms with Crippen LogP contribution in [0.2, 0.25) is 0 Å². The van der Waals surface area contributed by atoms with Crippen LogP contribution < -0.4 is 0 Å². The van der Waals surface area contributed by atoms with Gasteiger partial charge in [-0.2, -0.15) is 0 Å². The molecule has 0 aliphatic heterocycles. The second-order valence-electron chi connectivity index (χ2n) is 7.65. The third-order valence-electron chi connectivity index (χ3n) is 5.56. The summed E-state index contributed by atoms with van der Waals surface area (Å²) in [5.74, 6) is 0. The molecule has 3 aromatic carbocycles. The van der Waals surface area contributed by atoms with Crippen LogP contribution in [0.15, 0.2) is 97.1 Å². The molecule has 0 atom stereocenters. The first-order valence-electron chi connectivity index (χ1n) is 10.7. The SMILES string of the molecule is CCCCCc1c(-c2ccccc2)cc(-c2ccccc2)n1Cc1ccccc1. The van der Waals surface area contributed by atoms with Gasteiger partial charge in [0.1, 0.15) is 0 Å². The van der Waals surface area contributed by atoms with Crippen molar-refractivity contribution in [2.75, 3.05) is 0 Å². The van der Waals surface area contributed by atoms with Gasteiger partial charge in [-0.15, -0.1) is 0 Å². The van der Waals surface area contributed by atoms with Crippen molar-refractivity contribution in [1.82, 2.24) is 4.57 Å². The molecule has 4 aromatic rings. The summed E-state index contributed by atoms with van der Waals surface area (Å²) in [6, 6.07) is 34.9. The molecule has 146 valence electrons. The Morgan fingerprint density at radius 3 is 1.86 bits per heavy atom. The van der Waals surface area contributed by atoms with Crippen LogP contribution in [-0.4, -0.2) is 4.57 Å². The first kappa shape index (κ1) is 19.3. The second-order valence-corrected chi connectivity index (χ2v) is 7.65. The Kier molecular flexibility index (Phi) is 6.26. The monoisotopic (exact) mass is 379 g/mol. The maximum absolute atomic E-state index is 2.54. The maximum Gasteiger partial charge on any atom is 0.0492 e. The Labute approximate surface area is 174 Å². The van der Waals surface area contributed by atoms with E-state index < -0.39 is 0 Å². The van der Waals surface area contributed by atoms with Gasteiger partial charge in [-0.1, -0.05) is 111 Å². The van der Waals surface area contributed by atoms with Crippen LogP contribution >= 0.6 is 0 Å². The number of benzene rings is 3. The van der Waals surface area contributed by atoms with Crippen molar-refractivity contribution in [1.29, 1.82) is 0 Å². The Morgan fingerprint density at radius 1 is 0.655 bits per heavy atom. The standard InChI is InChI=1S/C28H29N/c1-2-3-7-20-27-26(24-16-10-5-11-17-24)21-28(25-18-12-6-13-19-25)29(27)22-23-14-8-4-9-15-23/h4-6,8-19,21H,2-3,7,20,22H2,1H3. The molecular weight excluding hydrogens is 350 g/mol. The zero-order valence-corrected chi connectivity index (χ0v) is 17.2. The van der Waals surface area contributed by atoms with Gasteiger partial charge in [0.25, 0.3) is 0 Å². The molecule has 29 heavy (non-hydrogen) atoms. The predicted molar refractivity (Wildman–Crippen MR) is 124 cm³/mol. The fourth-order valence-electron chi connectivity index (χ4n) is 4.06. The molecule has 1 nitrogen and oxygen atoms in total. The van der Waals surface area contributed by atoms with Gasteiger partial charge in [0.15, 0.2) is 0 Å². The molecule has 0 N–H and O–H groups in total. The van der Waals surface area contributed by atoms with Crippen LogP contribution in [0.1, 0.15) is 37.4 Å². The molecule has 0 fully saturated rings. The van der Waals surface area contributed by atoms with Crippen molar-refractivity contribution in [3.63, 3.8) is 0 Å². The van der Waals surface area contributed by atoms with E-state index >= 15 is 0 Å². The summed E-state index contributed by atoms with van der Waals surface area (Å²) in [7, 11) is 0. The van der Waals surface area contributed by atoms with Crippen LogP contribution in [0, 0.1) is 0 Å². The molecule has 0 radical (unpaired) electrons. The van der Waals surface area contributed by atoms with E-state index in [-0.39, 0.29) is 0 Å². The smallest absolute Gasteiger partial charge is 0.0492 e. The van der Waals surface area contributed by atoms with E-state index in [0.717, 1.165) is 13.0 Å². The van der Waals surface area contributed by atoms with Crippen LogP contribution in [0.5, 0.6) is 0 Å². The molecule has 1 heterocycles. The molecule has 0 unspecified atom stereocenters. The van der Waals surface area contributed by atoms with Gasteiger partial charge >= 0.3 is 0 Å². The van der Waals surface area contributed by atoms with Gasteiger partial charge in [-0.3, -0.25) is 0 Å². The van der Waals surface area contributed by atoms with Crippen LogP contribution in [-0.2, 0) is 13.0 Å². The average molecular weight is 380 g/mol. The number of aromatic nitrogens is 1. The lowest BCUT2D eigenvalue weighted by atomic mass is 10.0. The van der Waals surface area contributed by atoms with Gasteiger partial charge in [0.05, 0.1) is 0 Å². The summed E-state index contributed by atoms with van der Waals surface area (Å²) in [4.78, 5) is 0. The van der Waals surface area contributed by atoms with Crippen molar-refractivity contribution >= 4 is 0 Å². The van der Waals surface area contributed by atoms with E-state index in [9.17, 15) is 0 Å². The molecule has 0 amide bonds. The quantitative estimate of drug-likeness (QED) is 0.278. The number of nitrogens with zero attached hydrogens (tertiary/aromatic N) is 1. The lowest BCUT2D eigenvalue weighted by Crippen LogP contribution is -2.07. The number of hydrogen-bond acceptors (Lipinski definition) is 0. The van der Waals surface area contributed by atoms with E-state index in [2.05, 4.69) is 109 Å². The van der Waals surface area contributed by atoms with Crippen molar-refractivity contribution in [2.24, 2.45) is 0 Å². The van der Waals surface area contributed by atoms with Crippen molar-refractivity contribution < 1.29 is 0 Å². The third kappa shape index (κ3) is 4.51. The number of unbranched alkanes of at least 4 members (excludes halogenated alkanes) is 2. The maximum atomic E-state index is 2.54.